The number of hydrogen-bond donors (Lipinski definition) is 0. The largest absolute Gasteiger partial charge is 0.550 e. The van der Waals surface area contributed by atoms with E-state index < -0.39 is 43.1 Å². The molecule has 2 fully saturated rings. The van der Waals surface area contributed by atoms with Crippen molar-refractivity contribution in [3.63, 3.8) is 0 Å². The first kappa shape index (κ1) is 20.1. The Labute approximate surface area is 147 Å². The van der Waals surface area contributed by atoms with Gasteiger partial charge in [0, 0.05) is 22.8 Å². The maximum absolute atomic E-state index is 13.4. The molecule has 144 valence electrons. The summed E-state index contributed by atoms with van der Waals surface area (Å²) in [5.74, 6) is -3.76. The van der Waals surface area contributed by atoms with Crippen molar-refractivity contribution in [1.29, 1.82) is 0 Å². The Kier molecular flexibility index (Phi) is 5.00. The molecule has 0 amide bonds. The highest BCUT2D eigenvalue weighted by atomic mass is 32.2. The number of aliphatic carboxylic acids is 2. The van der Waals surface area contributed by atoms with Gasteiger partial charge < -0.3 is 29.3 Å². The van der Waals surface area contributed by atoms with Crippen LogP contribution >= 0.6 is 0 Å². The van der Waals surface area contributed by atoms with Gasteiger partial charge in [0.15, 0.2) is 9.84 Å². The molecular weight excluding hydrogens is 352 g/mol. The van der Waals surface area contributed by atoms with E-state index in [2.05, 4.69) is 0 Å². The van der Waals surface area contributed by atoms with E-state index in [1.54, 1.807) is 0 Å². The molecule has 2 atom stereocenters. The summed E-state index contributed by atoms with van der Waals surface area (Å²) >= 11 is 0. The van der Waals surface area contributed by atoms with Gasteiger partial charge in [-0.3, -0.25) is 0 Å². The molecule has 25 heavy (non-hydrogen) atoms. The number of sulfone groups is 1. The van der Waals surface area contributed by atoms with Crippen LogP contribution in [-0.2, 0) is 28.9 Å². The number of carboxylic acid groups (broad SMARTS) is 2. The van der Waals surface area contributed by atoms with Crippen molar-refractivity contribution < 1.29 is 37.7 Å². The van der Waals surface area contributed by atoms with Crippen LogP contribution in [0.3, 0.4) is 0 Å². The maximum Gasteiger partial charge on any atom is 0.158 e. The van der Waals surface area contributed by atoms with Crippen LogP contribution in [0.1, 0.15) is 40.5 Å². The van der Waals surface area contributed by atoms with Gasteiger partial charge in [0.1, 0.15) is 0 Å². The molecule has 0 N–H and O–H groups in total. The van der Waals surface area contributed by atoms with Gasteiger partial charge in [-0.15, -0.1) is 0 Å². The highest BCUT2D eigenvalue weighted by Gasteiger charge is 2.60. The van der Waals surface area contributed by atoms with Gasteiger partial charge in [-0.25, -0.2) is 8.42 Å². The zero-order valence-electron chi connectivity index (χ0n) is 14.9. The van der Waals surface area contributed by atoms with Crippen molar-refractivity contribution >= 4 is 21.8 Å². The fraction of sp³-hybridized carbons (Fsp3) is 0.875. The standard InChI is InChI=1S/C16H26O8S/c1-14(2,12(17)18)9-25(21,22)16(5-10-7-23-10,6-11-8-24-11)15(3,4)13(19)20/h10-11H,5-9H2,1-4H3,(H,17,18)(H,19,20)/p-2. The van der Waals surface area contributed by atoms with Crippen molar-refractivity contribution in [2.45, 2.75) is 57.5 Å². The highest BCUT2D eigenvalue weighted by Crippen LogP contribution is 2.49. The molecule has 2 rings (SSSR count). The molecule has 2 aliphatic rings. The van der Waals surface area contributed by atoms with E-state index in [4.69, 9.17) is 9.47 Å². The molecule has 0 aromatic heterocycles. The van der Waals surface area contributed by atoms with E-state index in [9.17, 15) is 28.2 Å². The van der Waals surface area contributed by atoms with E-state index in [0.717, 1.165) is 0 Å². The molecule has 0 spiro atoms. The van der Waals surface area contributed by atoms with Crippen molar-refractivity contribution in [3.05, 3.63) is 0 Å². The predicted molar refractivity (Wildman–Crippen MR) is 82.8 cm³/mol. The normalized spacial score (nSPS) is 25.9. The molecule has 0 aliphatic carbocycles. The smallest absolute Gasteiger partial charge is 0.158 e. The summed E-state index contributed by atoms with van der Waals surface area (Å²) in [5, 5.41) is 23.2. The third-order valence-corrected chi connectivity index (χ3v) is 8.40. The summed E-state index contributed by atoms with van der Waals surface area (Å²) in [6.45, 7) is 5.79. The zero-order chi connectivity index (χ0) is 19.3. The van der Waals surface area contributed by atoms with Gasteiger partial charge >= 0.3 is 0 Å². The van der Waals surface area contributed by atoms with Gasteiger partial charge in [-0.1, -0.05) is 27.7 Å². The molecule has 2 aliphatic heterocycles. The van der Waals surface area contributed by atoms with Crippen LogP contribution in [0.5, 0.6) is 0 Å². The quantitative estimate of drug-likeness (QED) is 0.410. The molecular formula is C16H24O8S-2. The van der Waals surface area contributed by atoms with Crippen LogP contribution in [0.2, 0.25) is 0 Å². The number of carboxylic acids is 2. The Balaban J connectivity index is 2.54. The monoisotopic (exact) mass is 376 g/mol. The van der Waals surface area contributed by atoms with Crippen LogP contribution in [0.15, 0.2) is 0 Å². The highest BCUT2D eigenvalue weighted by molar-refractivity contribution is 7.92. The van der Waals surface area contributed by atoms with Gasteiger partial charge in [0.25, 0.3) is 0 Å². The minimum absolute atomic E-state index is 0.0424. The summed E-state index contributed by atoms with van der Waals surface area (Å²) in [6, 6.07) is 0. The zero-order valence-corrected chi connectivity index (χ0v) is 15.7. The molecule has 8 nitrogen and oxygen atoms in total. The van der Waals surface area contributed by atoms with Crippen molar-refractivity contribution in [2.75, 3.05) is 19.0 Å². The molecule has 0 aromatic rings. The number of carbonyl (C=O) groups excluding carboxylic acids is 2. The molecule has 2 unspecified atom stereocenters. The molecule has 0 saturated carbocycles. The predicted octanol–water partition coefficient (Wildman–Crippen LogP) is -1.73. The second-order valence-corrected chi connectivity index (χ2v) is 10.5. The summed E-state index contributed by atoms with van der Waals surface area (Å²) in [6.07, 6.45) is -0.838. The summed E-state index contributed by atoms with van der Waals surface area (Å²) in [5.41, 5.74) is -3.42. The Hall–Kier alpha value is -1.19. The molecule has 0 bridgehead atoms. The fourth-order valence-corrected chi connectivity index (χ4v) is 6.29. The van der Waals surface area contributed by atoms with Gasteiger partial charge in [0.2, 0.25) is 0 Å². The Morgan fingerprint density at radius 3 is 1.64 bits per heavy atom. The number of hydrogen-bond acceptors (Lipinski definition) is 8. The summed E-state index contributed by atoms with van der Waals surface area (Å²) in [4.78, 5) is 23.2. The molecule has 2 saturated heterocycles. The second kappa shape index (κ2) is 6.21. The van der Waals surface area contributed by atoms with E-state index in [-0.39, 0.29) is 25.0 Å². The van der Waals surface area contributed by atoms with Crippen molar-refractivity contribution in [1.82, 2.24) is 0 Å². The summed E-state index contributed by atoms with van der Waals surface area (Å²) in [7, 11) is -4.20. The Morgan fingerprint density at radius 2 is 1.36 bits per heavy atom. The van der Waals surface area contributed by atoms with Crippen molar-refractivity contribution in [2.24, 2.45) is 10.8 Å². The Bertz CT molecular complexity index is 642. The minimum Gasteiger partial charge on any atom is -0.550 e. The van der Waals surface area contributed by atoms with Gasteiger partial charge in [-0.05, 0) is 12.8 Å². The third-order valence-electron chi connectivity index (χ3n) is 5.27. The van der Waals surface area contributed by atoms with Crippen LogP contribution < -0.4 is 10.2 Å². The molecule has 0 radical (unpaired) electrons. The SMILES string of the molecule is CC(C)(CS(=O)(=O)C(CC1CO1)(CC1CO1)C(C)(C)C(=O)[O-])C(=O)[O-]. The van der Waals surface area contributed by atoms with E-state index >= 15 is 0 Å². The average molecular weight is 376 g/mol. The molecule has 9 heteroatoms. The first-order valence-corrected chi connectivity index (χ1v) is 9.79. The number of rotatable bonds is 10. The van der Waals surface area contributed by atoms with Crippen LogP contribution in [0.25, 0.3) is 0 Å². The van der Waals surface area contributed by atoms with E-state index in [1.807, 2.05) is 0 Å². The second-order valence-electron chi connectivity index (χ2n) is 8.16. The van der Waals surface area contributed by atoms with Crippen molar-refractivity contribution in [3.8, 4) is 0 Å². The Morgan fingerprint density at radius 1 is 0.960 bits per heavy atom. The van der Waals surface area contributed by atoms with Crippen LogP contribution in [0, 0.1) is 10.8 Å². The number of epoxide rings is 2. The third kappa shape index (κ3) is 3.83. The fourth-order valence-electron chi connectivity index (χ4n) is 3.20. The topological polar surface area (TPSA) is 139 Å². The van der Waals surface area contributed by atoms with Crippen LogP contribution in [0.4, 0.5) is 0 Å². The van der Waals surface area contributed by atoms with E-state index in [1.165, 1.54) is 27.7 Å². The minimum atomic E-state index is -4.20. The van der Waals surface area contributed by atoms with Gasteiger partial charge in [0.05, 0.1) is 35.9 Å². The lowest BCUT2D eigenvalue weighted by molar-refractivity contribution is -0.319. The number of carbonyl (C=O) groups is 2. The summed E-state index contributed by atoms with van der Waals surface area (Å²) < 4.78 is 35.3. The lowest BCUT2D eigenvalue weighted by Crippen LogP contribution is -2.62. The van der Waals surface area contributed by atoms with Gasteiger partial charge in [-0.2, -0.15) is 0 Å². The number of ether oxygens (including phenoxy) is 2. The molecule has 0 aromatic carbocycles. The maximum atomic E-state index is 13.4. The average Bonchev–Trinajstić information content (AvgIpc) is 3.31. The first-order valence-electron chi connectivity index (χ1n) is 8.14. The first-order chi connectivity index (χ1) is 11.3. The lowest BCUT2D eigenvalue weighted by atomic mass is 9.73. The van der Waals surface area contributed by atoms with Crippen LogP contribution in [-0.4, -0.2) is 56.3 Å². The molecule has 2 heterocycles. The lowest BCUT2D eigenvalue weighted by Gasteiger charge is -2.47. The van der Waals surface area contributed by atoms with E-state index in [0.29, 0.717) is 13.2 Å².